The molecule has 0 atom stereocenters. The first kappa shape index (κ1) is 76.2. The van der Waals surface area contributed by atoms with E-state index in [4.69, 9.17) is 47.1 Å². The number of carbonyl (C=O) groups is 2. The Labute approximate surface area is 619 Å². The van der Waals surface area contributed by atoms with E-state index in [1.807, 2.05) is 116 Å². The summed E-state index contributed by atoms with van der Waals surface area (Å²) in [5, 5.41) is 26.2. The van der Waals surface area contributed by atoms with E-state index in [9.17, 15) is 0 Å². The van der Waals surface area contributed by atoms with Crippen molar-refractivity contribution in [1.29, 1.82) is 0 Å². The summed E-state index contributed by atoms with van der Waals surface area (Å²) in [4.78, 5) is 36.2. The van der Waals surface area contributed by atoms with E-state index in [1.165, 1.54) is 26.9 Å². The number of terminal acetylenes is 2. The SMILES string of the molecule is C#CC#CC#CC#CC#CC#CC#CC#CC#CC#CC#CC#CC#CC#CC#C.CC(=O)O.CC(=O)O.[Pd+2].[Pd].[c-]1c(Oc2[c-]c3c(cc2)c2ccccc2c2cccnc32)cccc1-c1ccccn1.c1ccc(-c2cccc(Oc3ccc4c5ccccc5c5cccnc5c4c3)c2)nc1. The van der Waals surface area contributed by atoms with Crippen LogP contribution in [0.1, 0.15) is 13.8 Å². The second-order valence-corrected chi connectivity index (χ2v) is 19.4. The van der Waals surface area contributed by atoms with Crippen LogP contribution in [0.15, 0.2) is 207 Å². The number of nitrogens with zero attached hydrogens (tertiary/aromatic N) is 4. The first-order chi connectivity index (χ1) is 49.1. The van der Waals surface area contributed by atoms with E-state index < -0.39 is 11.9 Å². The zero-order valence-corrected chi connectivity index (χ0v) is 56.8. The van der Waals surface area contributed by atoms with Crippen LogP contribution in [0.5, 0.6) is 23.0 Å². The Bertz CT molecular complexity index is 5700. The van der Waals surface area contributed by atoms with E-state index in [0.29, 0.717) is 11.5 Å². The van der Waals surface area contributed by atoms with Crippen LogP contribution in [0.2, 0.25) is 0 Å². The van der Waals surface area contributed by atoms with Crippen LogP contribution in [0, 0.1) is 191 Å². The van der Waals surface area contributed by atoms with Crippen molar-refractivity contribution in [2.45, 2.75) is 13.8 Å². The number of ether oxygens (including phenoxy) is 2. The van der Waals surface area contributed by atoms with Crippen molar-refractivity contribution in [2.75, 3.05) is 0 Å². The second kappa shape index (κ2) is 42.6. The fourth-order valence-electron chi connectivity index (χ4n) is 9.04. The van der Waals surface area contributed by atoms with Gasteiger partial charge in [0.2, 0.25) is 0 Å². The van der Waals surface area contributed by atoms with Gasteiger partial charge in [0.1, 0.15) is 11.5 Å². The molecule has 4 aromatic heterocycles. The molecule has 0 spiro atoms. The van der Waals surface area contributed by atoms with Crippen molar-refractivity contribution in [2.24, 2.45) is 0 Å². The molecule has 2 N–H and O–H groups in total. The van der Waals surface area contributed by atoms with Crippen LogP contribution < -0.4 is 9.47 Å². The molecule has 102 heavy (non-hydrogen) atoms. The molecule has 12 aromatic rings. The topological polar surface area (TPSA) is 145 Å². The number of rotatable bonds is 6. The van der Waals surface area contributed by atoms with Crippen LogP contribution >= 0.6 is 0 Å². The number of aliphatic carboxylic acids is 2. The quantitative estimate of drug-likeness (QED) is 0.0714. The van der Waals surface area contributed by atoms with Gasteiger partial charge in [-0.3, -0.25) is 19.6 Å². The number of benzene rings is 8. The maximum absolute atomic E-state index is 9.00. The monoisotopic (exact) mass is 1490 g/mol. The first-order valence-corrected chi connectivity index (χ1v) is 29.5. The zero-order chi connectivity index (χ0) is 70.2. The summed E-state index contributed by atoms with van der Waals surface area (Å²) in [6, 6.07) is 67.7. The molecule has 10 nitrogen and oxygen atoms in total. The minimum atomic E-state index is -0.833. The van der Waals surface area contributed by atoms with Gasteiger partial charge >= 0.3 is 20.4 Å². The van der Waals surface area contributed by atoms with Gasteiger partial charge in [-0.15, -0.1) is 48.1 Å². The standard InChI is InChI=1S/C30H2.C28H18N2O.C28H16N2O.2C2H4O2.2Pd/c1-3-5-7-9-11-13-15-17-19-21-23-25-27-29-30-28-26-24-22-20-18-16-14-12-10-8-6-4-2;2*1-2-10-23-22(9-1)24-14-13-21(18-26(24)28-25(23)11-6-16-30-28)31-20-8-5-7-19(17-20)27-12-3-4-15-29-27;2*1-2(3)4;;/h1-2H;1-18H;1-16H;2*1H3,(H,3,4);;/q;;-2;;;;+2. The molecule has 0 fully saturated rings. The molecule has 0 radical (unpaired) electrons. The molecule has 0 bridgehead atoms. The zero-order valence-electron chi connectivity index (χ0n) is 53.7. The number of fused-ring (bicyclic) bond motifs is 12. The maximum atomic E-state index is 9.00. The number of pyridine rings is 4. The predicted octanol–water partition coefficient (Wildman–Crippen LogP) is 14.9. The van der Waals surface area contributed by atoms with Crippen LogP contribution in [0.25, 0.3) is 87.4 Å². The van der Waals surface area contributed by atoms with Gasteiger partial charge in [0.25, 0.3) is 11.9 Å². The van der Waals surface area contributed by atoms with Crippen LogP contribution in [-0.2, 0) is 50.4 Å². The molecule has 8 aromatic carbocycles. The van der Waals surface area contributed by atoms with Crippen molar-refractivity contribution < 1.29 is 70.1 Å². The summed E-state index contributed by atoms with van der Waals surface area (Å²) in [6.07, 6.45) is 17.1. The molecule has 12 rings (SSSR count). The van der Waals surface area contributed by atoms with Crippen LogP contribution in [0.4, 0.5) is 0 Å². The van der Waals surface area contributed by atoms with Gasteiger partial charge < -0.3 is 29.7 Å². The number of hydrogen-bond donors (Lipinski definition) is 2. The number of aromatic nitrogens is 4. The Morgan fingerprint density at radius 3 is 1.20 bits per heavy atom. The second-order valence-electron chi connectivity index (χ2n) is 19.4. The first-order valence-electron chi connectivity index (χ1n) is 29.5. The average Bonchev–Trinajstić information content (AvgIpc) is 0.754. The smallest absolute Gasteiger partial charge is 0.497 e. The molecule has 0 aliphatic carbocycles. The van der Waals surface area contributed by atoms with E-state index in [1.54, 1.807) is 12.4 Å². The molecule has 0 aliphatic heterocycles. The predicted molar refractivity (Wildman–Crippen MR) is 396 cm³/mol. The van der Waals surface area contributed by atoms with Crippen molar-refractivity contribution in [3.8, 4) is 224 Å². The summed E-state index contributed by atoms with van der Waals surface area (Å²) >= 11 is 0. The number of hydrogen-bond acceptors (Lipinski definition) is 8. The van der Waals surface area contributed by atoms with E-state index in [2.05, 4.69) is 272 Å². The van der Waals surface area contributed by atoms with Crippen LogP contribution in [-0.4, -0.2) is 42.1 Å². The Hall–Kier alpha value is -14.8. The van der Waals surface area contributed by atoms with Gasteiger partial charge in [0.05, 0.1) is 11.2 Å². The third-order valence-electron chi connectivity index (χ3n) is 12.7. The summed E-state index contributed by atoms with van der Waals surface area (Å²) < 4.78 is 12.4. The van der Waals surface area contributed by atoms with Gasteiger partial charge in [-0.25, -0.2) is 0 Å². The van der Waals surface area contributed by atoms with Crippen molar-refractivity contribution >= 4 is 76.8 Å². The van der Waals surface area contributed by atoms with Gasteiger partial charge in [0, 0.05) is 158 Å². The molecular weight excluding hydrogens is 1450 g/mol. The van der Waals surface area contributed by atoms with E-state index >= 15 is 0 Å². The largest absolute Gasteiger partial charge is 2.00 e. The number of carboxylic acids is 2. The molecule has 480 valence electrons. The molecule has 4 heterocycles. The summed E-state index contributed by atoms with van der Waals surface area (Å²) in [6.45, 7) is 2.17. The molecular formula is C90H44N4O6Pd2. The van der Waals surface area contributed by atoms with Crippen molar-refractivity contribution in [3.63, 3.8) is 0 Å². The molecule has 0 saturated carbocycles. The van der Waals surface area contributed by atoms with Crippen LogP contribution in [0.3, 0.4) is 0 Å². The molecule has 0 aliphatic rings. The Morgan fingerprint density at radius 2 is 0.716 bits per heavy atom. The van der Waals surface area contributed by atoms with Crippen molar-refractivity contribution in [3.05, 3.63) is 219 Å². The molecule has 0 amide bonds. The molecule has 0 saturated heterocycles. The van der Waals surface area contributed by atoms with Crippen molar-refractivity contribution in [1.82, 2.24) is 19.9 Å². The maximum Gasteiger partial charge on any atom is 2.00 e. The van der Waals surface area contributed by atoms with E-state index in [0.717, 1.165) is 85.8 Å². The minimum Gasteiger partial charge on any atom is -0.497 e. The summed E-state index contributed by atoms with van der Waals surface area (Å²) in [7, 11) is 0. The summed E-state index contributed by atoms with van der Waals surface area (Å²) in [5.41, 5.74) is 5.61. The Kier molecular flexibility index (Phi) is 31.8. The van der Waals surface area contributed by atoms with E-state index in [-0.39, 0.29) is 40.8 Å². The average molecular weight is 1490 g/mol. The third kappa shape index (κ3) is 24.1. The third-order valence-corrected chi connectivity index (χ3v) is 12.7. The van der Waals surface area contributed by atoms with Gasteiger partial charge in [-0.2, -0.15) is 0 Å². The molecule has 0 unspecified atom stereocenters. The summed E-state index contributed by atoms with van der Waals surface area (Å²) in [5.74, 6) is 69.3. The fourth-order valence-corrected chi connectivity index (χ4v) is 9.04. The fraction of sp³-hybridized carbons (Fsp3) is 0.0222. The van der Waals surface area contributed by atoms with Gasteiger partial charge in [0.15, 0.2) is 0 Å². The minimum absolute atomic E-state index is 0. The molecule has 12 heteroatoms. The normalized spacial score (nSPS) is 8.43. The Balaban J connectivity index is 0.000000226. The van der Waals surface area contributed by atoms with Gasteiger partial charge in [-0.05, 0) is 194 Å². The number of carboxylic acid groups (broad SMARTS) is 2. The Morgan fingerprint density at radius 1 is 0.343 bits per heavy atom. The van der Waals surface area contributed by atoms with Gasteiger partial charge in [-0.1, -0.05) is 120 Å².